The first-order valence-corrected chi connectivity index (χ1v) is 10.5. The summed E-state index contributed by atoms with van der Waals surface area (Å²) in [4.78, 5) is 16.6. The van der Waals surface area contributed by atoms with E-state index in [1.54, 1.807) is 17.7 Å². The van der Waals surface area contributed by atoms with Crippen molar-refractivity contribution in [1.82, 2.24) is 14.9 Å². The van der Waals surface area contributed by atoms with Gasteiger partial charge >= 0.3 is 0 Å². The molecule has 1 aromatic carbocycles. The number of ether oxygens (including phenoxy) is 1. The van der Waals surface area contributed by atoms with Gasteiger partial charge in [-0.1, -0.05) is 37.3 Å². The molecule has 2 aliphatic heterocycles. The van der Waals surface area contributed by atoms with Crippen LogP contribution in [0, 0.1) is 0 Å². The summed E-state index contributed by atoms with van der Waals surface area (Å²) < 4.78 is 6.14. The lowest BCUT2D eigenvalue weighted by atomic mass is 10.1. The maximum Gasteiger partial charge on any atom is 0.140 e. The Morgan fingerprint density at radius 2 is 2.07 bits per heavy atom. The van der Waals surface area contributed by atoms with Crippen molar-refractivity contribution in [2.75, 3.05) is 31.1 Å². The predicted octanol–water partition coefficient (Wildman–Crippen LogP) is 3.34. The second-order valence-electron chi connectivity index (χ2n) is 7.32. The number of hydrogen-bond donors (Lipinski definition) is 0. The van der Waals surface area contributed by atoms with Crippen molar-refractivity contribution < 1.29 is 4.74 Å². The molecule has 0 amide bonds. The number of rotatable bonds is 4. The van der Waals surface area contributed by atoms with Gasteiger partial charge in [-0.2, -0.15) is 0 Å². The number of benzene rings is 1. The summed E-state index contributed by atoms with van der Waals surface area (Å²) in [5.41, 5.74) is 1.37. The Balaban J connectivity index is 1.40. The molecule has 2 fully saturated rings. The summed E-state index contributed by atoms with van der Waals surface area (Å²) in [6.07, 6.45) is 2.99. The molecule has 0 bridgehead atoms. The van der Waals surface area contributed by atoms with Crippen molar-refractivity contribution in [1.29, 1.82) is 0 Å². The van der Waals surface area contributed by atoms with E-state index in [-0.39, 0.29) is 6.10 Å². The van der Waals surface area contributed by atoms with E-state index in [1.165, 1.54) is 15.8 Å². The monoisotopic (exact) mass is 380 g/mol. The quantitative estimate of drug-likeness (QED) is 0.694. The lowest BCUT2D eigenvalue weighted by Crippen LogP contribution is -2.50. The average Bonchev–Trinajstić information content (AvgIpc) is 3.33. The van der Waals surface area contributed by atoms with Crippen LogP contribution in [0.5, 0.6) is 0 Å². The van der Waals surface area contributed by atoms with Gasteiger partial charge in [0, 0.05) is 31.1 Å². The zero-order chi connectivity index (χ0) is 18.2. The molecule has 6 heteroatoms. The van der Waals surface area contributed by atoms with E-state index in [0.717, 1.165) is 49.9 Å². The minimum Gasteiger partial charge on any atom is -0.373 e. The molecule has 4 heterocycles. The van der Waals surface area contributed by atoms with E-state index < -0.39 is 0 Å². The van der Waals surface area contributed by atoms with Crippen LogP contribution in [0.4, 0.5) is 5.82 Å². The second-order valence-corrected chi connectivity index (χ2v) is 8.44. The molecule has 2 aliphatic rings. The van der Waals surface area contributed by atoms with Crippen LogP contribution in [0.25, 0.3) is 10.2 Å². The van der Waals surface area contributed by atoms with Gasteiger partial charge in [0.2, 0.25) is 0 Å². The summed E-state index contributed by atoms with van der Waals surface area (Å²) in [6, 6.07) is 13.4. The molecule has 0 saturated carbocycles. The summed E-state index contributed by atoms with van der Waals surface area (Å²) >= 11 is 1.78. The Morgan fingerprint density at radius 3 is 2.93 bits per heavy atom. The fourth-order valence-electron chi connectivity index (χ4n) is 4.26. The number of aryl methyl sites for hydroxylation is 1. The minimum atomic E-state index is 0.247. The Labute approximate surface area is 163 Å². The number of fused-ring (bicyclic) bond motifs is 2. The third-order valence-corrected chi connectivity index (χ3v) is 6.84. The van der Waals surface area contributed by atoms with E-state index in [9.17, 15) is 0 Å². The molecule has 0 aliphatic carbocycles. The highest BCUT2D eigenvalue weighted by Gasteiger charge is 2.41. The molecular weight excluding hydrogens is 356 g/mol. The summed E-state index contributed by atoms with van der Waals surface area (Å²) in [5.74, 6) is 1.06. The molecular formula is C21H24N4OS. The molecule has 2 aromatic heterocycles. The third kappa shape index (κ3) is 3.22. The standard InChI is InChI=1S/C21H24N4OS/c1-2-16-10-17-20(22-14-23-21(17)27-16)25-12-18-19(13-25)26-9-8-24(18)11-15-6-4-3-5-7-15/h3-7,10,14,18-19H,2,8-9,11-13H2,1H3. The summed E-state index contributed by atoms with van der Waals surface area (Å²) in [7, 11) is 0. The van der Waals surface area contributed by atoms with Gasteiger partial charge in [0.25, 0.3) is 0 Å². The van der Waals surface area contributed by atoms with Crippen LogP contribution in [-0.2, 0) is 17.7 Å². The molecule has 5 rings (SSSR count). The van der Waals surface area contributed by atoms with Crippen LogP contribution in [-0.4, -0.2) is 53.3 Å². The summed E-state index contributed by atoms with van der Waals surface area (Å²) in [6.45, 7) is 6.83. The minimum absolute atomic E-state index is 0.247. The van der Waals surface area contributed by atoms with E-state index in [4.69, 9.17) is 4.74 Å². The maximum absolute atomic E-state index is 6.14. The predicted molar refractivity (Wildman–Crippen MR) is 109 cm³/mol. The van der Waals surface area contributed by atoms with Crippen LogP contribution < -0.4 is 4.90 Å². The topological polar surface area (TPSA) is 41.5 Å². The van der Waals surface area contributed by atoms with Crippen LogP contribution >= 0.6 is 11.3 Å². The molecule has 2 saturated heterocycles. The van der Waals surface area contributed by atoms with Crippen molar-refractivity contribution in [3.8, 4) is 0 Å². The van der Waals surface area contributed by atoms with E-state index in [1.807, 2.05) is 0 Å². The molecule has 0 N–H and O–H groups in total. The number of nitrogens with zero attached hydrogens (tertiary/aromatic N) is 4. The van der Waals surface area contributed by atoms with Gasteiger partial charge in [-0.25, -0.2) is 9.97 Å². The normalized spacial score (nSPS) is 23.1. The van der Waals surface area contributed by atoms with Crippen molar-refractivity contribution >= 4 is 27.4 Å². The van der Waals surface area contributed by atoms with Gasteiger partial charge in [-0.05, 0) is 18.1 Å². The van der Waals surface area contributed by atoms with Crippen LogP contribution in [0.15, 0.2) is 42.7 Å². The molecule has 140 valence electrons. The number of aromatic nitrogens is 2. The van der Waals surface area contributed by atoms with Crippen molar-refractivity contribution in [3.63, 3.8) is 0 Å². The van der Waals surface area contributed by atoms with Gasteiger partial charge in [0.05, 0.1) is 24.1 Å². The molecule has 27 heavy (non-hydrogen) atoms. The second kappa shape index (κ2) is 7.19. The van der Waals surface area contributed by atoms with Gasteiger partial charge in [-0.3, -0.25) is 4.90 Å². The largest absolute Gasteiger partial charge is 0.373 e. The molecule has 3 aromatic rings. The van der Waals surface area contributed by atoms with Crippen molar-refractivity contribution in [2.24, 2.45) is 0 Å². The first-order chi connectivity index (χ1) is 13.3. The Bertz CT molecular complexity index is 928. The number of thiophene rings is 1. The smallest absolute Gasteiger partial charge is 0.140 e. The molecule has 5 nitrogen and oxygen atoms in total. The van der Waals surface area contributed by atoms with Gasteiger partial charge in [-0.15, -0.1) is 11.3 Å². The molecule has 2 unspecified atom stereocenters. The highest BCUT2D eigenvalue weighted by molar-refractivity contribution is 7.18. The number of anilines is 1. The van der Waals surface area contributed by atoms with Crippen LogP contribution in [0.2, 0.25) is 0 Å². The van der Waals surface area contributed by atoms with Crippen LogP contribution in [0.1, 0.15) is 17.4 Å². The highest BCUT2D eigenvalue weighted by atomic mass is 32.1. The lowest BCUT2D eigenvalue weighted by Gasteiger charge is -2.36. The fraction of sp³-hybridized carbons (Fsp3) is 0.429. The van der Waals surface area contributed by atoms with E-state index >= 15 is 0 Å². The molecule has 0 spiro atoms. The zero-order valence-corrected chi connectivity index (χ0v) is 16.4. The number of hydrogen-bond acceptors (Lipinski definition) is 6. The third-order valence-electron chi connectivity index (χ3n) is 5.65. The average molecular weight is 381 g/mol. The Kier molecular flexibility index (Phi) is 4.55. The van der Waals surface area contributed by atoms with Gasteiger partial charge in [0.15, 0.2) is 0 Å². The molecule has 0 radical (unpaired) electrons. The molecule has 2 atom stereocenters. The fourth-order valence-corrected chi connectivity index (χ4v) is 5.19. The first kappa shape index (κ1) is 17.1. The lowest BCUT2D eigenvalue weighted by molar-refractivity contribution is -0.0499. The summed E-state index contributed by atoms with van der Waals surface area (Å²) in [5, 5.41) is 1.19. The Morgan fingerprint density at radius 1 is 1.19 bits per heavy atom. The first-order valence-electron chi connectivity index (χ1n) is 9.70. The Hall–Kier alpha value is -2.02. The maximum atomic E-state index is 6.14. The van der Waals surface area contributed by atoms with E-state index in [2.05, 4.69) is 63.1 Å². The van der Waals surface area contributed by atoms with Crippen molar-refractivity contribution in [3.05, 3.63) is 53.2 Å². The van der Waals surface area contributed by atoms with E-state index in [0.29, 0.717) is 6.04 Å². The van der Waals surface area contributed by atoms with Gasteiger partial charge < -0.3 is 9.64 Å². The highest BCUT2D eigenvalue weighted by Crippen LogP contribution is 2.34. The van der Waals surface area contributed by atoms with Crippen LogP contribution in [0.3, 0.4) is 0 Å². The van der Waals surface area contributed by atoms with Crippen molar-refractivity contribution in [2.45, 2.75) is 32.0 Å². The number of morpholine rings is 1. The zero-order valence-electron chi connectivity index (χ0n) is 15.5. The SMILES string of the molecule is CCc1cc2c(N3CC4OCCN(Cc5ccccc5)C4C3)ncnc2s1. The van der Waals surface area contributed by atoms with Gasteiger partial charge in [0.1, 0.15) is 17.0 Å².